The number of carbonyl (C=O) groups excluding carboxylic acids is 1. The van der Waals surface area contributed by atoms with Gasteiger partial charge in [-0.2, -0.15) is 0 Å². The Kier molecular flexibility index (Phi) is 4.27. The third-order valence-electron chi connectivity index (χ3n) is 3.21. The van der Waals surface area contributed by atoms with E-state index in [4.69, 9.17) is 21.1 Å². The Morgan fingerprint density at radius 1 is 1.61 bits per heavy atom. The van der Waals surface area contributed by atoms with Crippen molar-refractivity contribution in [1.29, 1.82) is 0 Å². The van der Waals surface area contributed by atoms with Crippen LogP contribution in [0.5, 0.6) is 0 Å². The monoisotopic (exact) mass is 272 g/mol. The molecule has 0 aromatic carbocycles. The molecule has 1 N–H and O–H groups in total. The molecule has 5 nitrogen and oxygen atoms in total. The van der Waals surface area contributed by atoms with Gasteiger partial charge in [-0.05, 0) is 12.5 Å². The van der Waals surface area contributed by atoms with Gasteiger partial charge in [0.05, 0.1) is 23.8 Å². The predicted molar refractivity (Wildman–Crippen MR) is 67.9 cm³/mol. The molecule has 1 amide bonds. The van der Waals surface area contributed by atoms with Crippen LogP contribution in [-0.2, 0) is 9.47 Å². The van der Waals surface area contributed by atoms with Crippen LogP contribution in [0.2, 0.25) is 5.02 Å². The molecule has 0 bridgehead atoms. The Labute approximate surface area is 111 Å². The largest absolute Gasteiger partial charge is 0.383 e. The minimum absolute atomic E-state index is 0.0505. The van der Waals surface area contributed by atoms with Crippen LogP contribution >= 0.6 is 11.6 Å². The van der Waals surface area contributed by atoms with Crippen LogP contribution in [0.25, 0.3) is 0 Å². The summed E-state index contributed by atoms with van der Waals surface area (Å²) in [6.45, 7) is 1.10. The van der Waals surface area contributed by atoms with E-state index in [-0.39, 0.29) is 18.1 Å². The minimum Gasteiger partial charge on any atom is -0.383 e. The van der Waals surface area contributed by atoms with Gasteiger partial charge in [-0.15, -0.1) is 0 Å². The fourth-order valence-corrected chi connectivity index (χ4v) is 2.45. The first kappa shape index (κ1) is 13.4. The van der Waals surface area contributed by atoms with Crippen LogP contribution in [0.1, 0.15) is 16.9 Å². The molecule has 2 heterocycles. The quantitative estimate of drug-likeness (QED) is 0.905. The van der Waals surface area contributed by atoms with Crippen molar-refractivity contribution in [1.82, 2.24) is 9.88 Å². The lowest BCUT2D eigenvalue weighted by Crippen LogP contribution is -2.38. The van der Waals surface area contributed by atoms with E-state index in [1.807, 2.05) is 0 Å². The van der Waals surface area contributed by atoms with Gasteiger partial charge in [-0.1, -0.05) is 11.6 Å². The molecular weight excluding hydrogens is 256 g/mol. The van der Waals surface area contributed by atoms with Gasteiger partial charge in [0.25, 0.3) is 5.91 Å². The summed E-state index contributed by atoms with van der Waals surface area (Å²) in [4.78, 5) is 17.0. The molecule has 2 atom stereocenters. The number of H-pyrrole nitrogens is 1. The van der Waals surface area contributed by atoms with Crippen molar-refractivity contribution in [2.24, 2.45) is 0 Å². The summed E-state index contributed by atoms with van der Waals surface area (Å²) in [5, 5.41) is 0.532. The molecule has 1 aromatic heterocycles. The number of hydrogen-bond donors (Lipinski definition) is 1. The number of amides is 1. The standard InChI is InChI=1S/C12H17ClN2O3/c1-17-7-9-4-10(18-2)6-15(9)12(16)11-3-8(13)5-14-11/h3,5,9-10,14H,4,6-7H2,1-2H3/t9-,10+/m0/s1. The van der Waals surface area contributed by atoms with Crippen LogP contribution in [0.4, 0.5) is 0 Å². The van der Waals surface area contributed by atoms with Crippen molar-refractivity contribution in [3.05, 3.63) is 23.0 Å². The Hall–Kier alpha value is -1.04. The van der Waals surface area contributed by atoms with E-state index in [9.17, 15) is 4.79 Å². The summed E-state index contributed by atoms with van der Waals surface area (Å²) in [6, 6.07) is 1.68. The third-order valence-corrected chi connectivity index (χ3v) is 3.43. The van der Waals surface area contributed by atoms with Gasteiger partial charge in [0.2, 0.25) is 0 Å². The Bertz CT molecular complexity index is 421. The number of carbonyl (C=O) groups is 1. The number of methoxy groups -OCH3 is 2. The average Bonchev–Trinajstić information content (AvgIpc) is 2.95. The number of halogens is 1. The first-order chi connectivity index (χ1) is 8.65. The highest BCUT2D eigenvalue weighted by molar-refractivity contribution is 6.30. The van der Waals surface area contributed by atoms with Crippen molar-refractivity contribution in [2.45, 2.75) is 18.6 Å². The maximum atomic E-state index is 12.3. The highest BCUT2D eigenvalue weighted by Crippen LogP contribution is 2.23. The SMILES string of the molecule is COC[C@@H]1C[C@@H](OC)CN1C(=O)c1cc(Cl)c[nH]1. The number of hydrogen-bond acceptors (Lipinski definition) is 3. The molecule has 0 saturated carbocycles. The van der Waals surface area contributed by atoms with Crippen molar-refractivity contribution in [3.63, 3.8) is 0 Å². The van der Waals surface area contributed by atoms with Crippen molar-refractivity contribution in [2.75, 3.05) is 27.4 Å². The zero-order chi connectivity index (χ0) is 13.1. The topological polar surface area (TPSA) is 54.6 Å². The van der Waals surface area contributed by atoms with E-state index >= 15 is 0 Å². The normalized spacial score (nSPS) is 23.6. The first-order valence-corrected chi connectivity index (χ1v) is 6.20. The summed E-state index contributed by atoms with van der Waals surface area (Å²) in [6.07, 6.45) is 2.47. The third kappa shape index (κ3) is 2.68. The van der Waals surface area contributed by atoms with Crippen molar-refractivity contribution >= 4 is 17.5 Å². The molecule has 1 aliphatic heterocycles. The van der Waals surface area contributed by atoms with Crippen LogP contribution in [0, 0.1) is 0 Å². The minimum atomic E-state index is -0.0662. The van der Waals surface area contributed by atoms with Gasteiger partial charge >= 0.3 is 0 Å². The van der Waals surface area contributed by atoms with Gasteiger partial charge in [-0.3, -0.25) is 4.79 Å². The number of rotatable bonds is 4. The number of nitrogens with zero attached hydrogens (tertiary/aromatic N) is 1. The van der Waals surface area contributed by atoms with E-state index in [2.05, 4.69) is 4.98 Å². The van der Waals surface area contributed by atoms with E-state index in [1.54, 1.807) is 31.4 Å². The zero-order valence-corrected chi connectivity index (χ0v) is 11.2. The van der Waals surface area contributed by atoms with Gasteiger partial charge in [0.1, 0.15) is 5.69 Å². The molecule has 1 aromatic rings. The van der Waals surface area contributed by atoms with Crippen LogP contribution in [0.15, 0.2) is 12.3 Å². The molecular formula is C12H17ClN2O3. The Morgan fingerprint density at radius 3 is 2.94 bits per heavy atom. The summed E-state index contributed by atoms with van der Waals surface area (Å²) in [5.74, 6) is -0.0662. The molecule has 6 heteroatoms. The molecule has 0 unspecified atom stereocenters. The molecule has 100 valence electrons. The number of nitrogens with one attached hydrogen (secondary N) is 1. The number of aromatic amines is 1. The van der Waals surface area contributed by atoms with Gasteiger partial charge in [0.15, 0.2) is 0 Å². The summed E-state index contributed by atoms with van der Waals surface area (Å²) in [7, 11) is 3.29. The van der Waals surface area contributed by atoms with Crippen molar-refractivity contribution in [3.8, 4) is 0 Å². The van der Waals surface area contributed by atoms with E-state index < -0.39 is 0 Å². The lowest BCUT2D eigenvalue weighted by atomic mass is 10.2. The summed E-state index contributed by atoms with van der Waals surface area (Å²) in [5.41, 5.74) is 0.498. The molecule has 2 rings (SSSR count). The maximum Gasteiger partial charge on any atom is 0.270 e. The van der Waals surface area contributed by atoms with E-state index in [0.29, 0.717) is 23.9 Å². The summed E-state index contributed by atoms with van der Waals surface area (Å²) < 4.78 is 10.5. The fourth-order valence-electron chi connectivity index (χ4n) is 2.29. The highest BCUT2D eigenvalue weighted by atomic mass is 35.5. The lowest BCUT2D eigenvalue weighted by Gasteiger charge is -2.23. The second-order valence-corrected chi connectivity index (χ2v) is 4.83. The van der Waals surface area contributed by atoms with Gasteiger partial charge in [-0.25, -0.2) is 0 Å². The van der Waals surface area contributed by atoms with Crippen LogP contribution in [-0.4, -0.2) is 55.3 Å². The predicted octanol–water partition coefficient (Wildman–Crippen LogP) is 1.54. The highest BCUT2D eigenvalue weighted by Gasteiger charge is 2.36. The second kappa shape index (κ2) is 5.73. The van der Waals surface area contributed by atoms with Crippen molar-refractivity contribution < 1.29 is 14.3 Å². The van der Waals surface area contributed by atoms with E-state index in [0.717, 1.165) is 6.42 Å². The summed E-state index contributed by atoms with van der Waals surface area (Å²) >= 11 is 5.81. The molecule has 0 radical (unpaired) electrons. The zero-order valence-electron chi connectivity index (χ0n) is 10.5. The first-order valence-electron chi connectivity index (χ1n) is 5.82. The molecule has 1 fully saturated rings. The number of likely N-dealkylation sites (tertiary alicyclic amines) is 1. The van der Waals surface area contributed by atoms with Crippen LogP contribution < -0.4 is 0 Å². The maximum absolute atomic E-state index is 12.3. The Balaban J connectivity index is 2.12. The van der Waals surface area contributed by atoms with E-state index in [1.165, 1.54) is 0 Å². The number of ether oxygens (including phenoxy) is 2. The average molecular weight is 273 g/mol. The smallest absolute Gasteiger partial charge is 0.270 e. The molecule has 1 saturated heterocycles. The molecule has 0 aliphatic carbocycles. The molecule has 0 spiro atoms. The Morgan fingerprint density at radius 2 is 2.39 bits per heavy atom. The van der Waals surface area contributed by atoms with Gasteiger partial charge in [0, 0.05) is 27.0 Å². The second-order valence-electron chi connectivity index (χ2n) is 4.39. The molecule has 18 heavy (non-hydrogen) atoms. The lowest BCUT2D eigenvalue weighted by molar-refractivity contribution is 0.0607. The molecule has 1 aliphatic rings. The number of aromatic nitrogens is 1. The fraction of sp³-hybridized carbons (Fsp3) is 0.583. The van der Waals surface area contributed by atoms with Gasteiger partial charge < -0.3 is 19.4 Å². The van der Waals surface area contributed by atoms with Crippen LogP contribution in [0.3, 0.4) is 0 Å².